The average Bonchev–Trinajstić information content (AvgIpc) is 2.67. The third-order valence-electron chi connectivity index (χ3n) is 4.15. The molecule has 31 heavy (non-hydrogen) atoms. The van der Waals surface area contributed by atoms with E-state index >= 15 is 0 Å². The molecule has 0 aliphatic heterocycles. The minimum Gasteiger partial charge on any atom is -0.507 e. The molecule has 0 fully saturated rings. The van der Waals surface area contributed by atoms with Crippen LogP contribution in [0.25, 0.3) is 0 Å². The molecule has 9 nitrogen and oxygen atoms in total. The highest BCUT2D eigenvalue weighted by Crippen LogP contribution is 2.31. The van der Waals surface area contributed by atoms with Crippen molar-refractivity contribution in [2.75, 3.05) is 35.7 Å². The Labute approximate surface area is 188 Å². The number of nitrogens with one attached hydrogen (secondary N) is 2. The van der Waals surface area contributed by atoms with Gasteiger partial charge in [0.2, 0.25) is 5.95 Å². The van der Waals surface area contributed by atoms with Crippen LogP contribution in [0, 0.1) is 6.92 Å². The Morgan fingerprint density at radius 2 is 1.94 bits per heavy atom. The van der Waals surface area contributed by atoms with Crippen LogP contribution in [0.15, 0.2) is 36.5 Å². The Morgan fingerprint density at radius 3 is 2.65 bits per heavy atom. The van der Waals surface area contributed by atoms with Crippen LogP contribution in [0.3, 0.4) is 0 Å². The van der Waals surface area contributed by atoms with Crippen molar-refractivity contribution in [3.63, 3.8) is 0 Å². The predicted molar refractivity (Wildman–Crippen MR) is 121 cm³/mol. The van der Waals surface area contributed by atoms with Crippen molar-refractivity contribution < 1.29 is 15.0 Å². The first-order chi connectivity index (χ1) is 14.8. The zero-order valence-corrected chi connectivity index (χ0v) is 18.2. The molecule has 4 N–H and O–H groups in total. The fourth-order valence-corrected chi connectivity index (χ4v) is 3.29. The minimum atomic E-state index is -0.595. The summed E-state index contributed by atoms with van der Waals surface area (Å²) in [7, 11) is 1.78. The largest absolute Gasteiger partial charge is 0.507 e. The normalized spacial score (nSPS) is 10.6. The number of phenolic OH excluding ortho intramolecular Hbond substituents is 1. The predicted octanol–water partition coefficient (Wildman–Crippen LogP) is 3.62. The molecule has 162 valence electrons. The SMILES string of the molecule is Cc1cc(Nc2cc(NC(=O)c3c(O)cc(Cl)cc3Cl)ccn2)nc(N(C)CCO)n1. The van der Waals surface area contributed by atoms with Crippen LogP contribution in [-0.4, -0.2) is 51.3 Å². The van der Waals surface area contributed by atoms with Crippen LogP contribution in [-0.2, 0) is 0 Å². The molecule has 0 bridgehead atoms. The number of nitrogens with zero attached hydrogens (tertiary/aromatic N) is 4. The maximum Gasteiger partial charge on any atom is 0.260 e. The molecule has 3 aromatic rings. The maximum atomic E-state index is 12.6. The summed E-state index contributed by atoms with van der Waals surface area (Å²) in [6, 6.07) is 7.56. The maximum absolute atomic E-state index is 12.6. The molecule has 0 aliphatic rings. The van der Waals surface area contributed by atoms with Gasteiger partial charge in [-0.05, 0) is 25.1 Å². The molecule has 0 saturated heterocycles. The number of carbonyl (C=O) groups excluding carboxylic acids is 1. The molecule has 11 heteroatoms. The summed E-state index contributed by atoms with van der Waals surface area (Å²) in [5.41, 5.74) is 1.08. The molecule has 1 amide bonds. The highest BCUT2D eigenvalue weighted by Gasteiger charge is 2.17. The van der Waals surface area contributed by atoms with Crippen molar-refractivity contribution in [2.45, 2.75) is 6.92 Å². The number of halogens is 2. The van der Waals surface area contributed by atoms with Crippen molar-refractivity contribution in [3.8, 4) is 5.75 Å². The number of rotatable bonds is 7. The van der Waals surface area contributed by atoms with E-state index in [1.165, 1.54) is 18.3 Å². The number of pyridine rings is 1. The van der Waals surface area contributed by atoms with Gasteiger partial charge in [0, 0.05) is 48.3 Å². The van der Waals surface area contributed by atoms with Crippen LogP contribution < -0.4 is 15.5 Å². The lowest BCUT2D eigenvalue weighted by Gasteiger charge is -2.17. The number of aryl methyl sites for hydroxylation is 1. The summed E-state index contributed by atoms with van der Waals surface area (Å²) >= 11 is 11.9. The van der Waals surface area contributed by atoms with Gasteiger partial charge in [-0.15, -0.1) is 0 Å². The number of carbonyl (C=O) groups is 1. The van der Waals surface area contributed by atoms with Crippen molar-refractivity contribution >= 4 is 52.4 Å². The third kappa shape index (κ3) is 5.72. The number of aliphatic hydroxyl groups is 1. The molecule has 0 aliphatic carbocycles. The molecule has 2 heterocycles. The van der Waals surface area contributed by atoms with Crippen molar-refractivity contribution in [3.05, 3.63) is 57.8 Å². The number of phenols is 1. The second-order valence-corrected chi connectivity index (χ2v) is 7.47. The smallest absolute Gasteiger partial charge is 0.260 e. The number of hydrogen-bond acceptors (Lipinski definition) is 8. The van der Waals surface area contributed by atoms with Crippen molar-refractivity contribution in [1.29, 1.82) is 0 Å². The molecule has 0 atom stereocenters. The Kier molecular flexibility index (Phi) is 7.11. The molecule has 0 spiro atoms. The Morgan fingerprint density at radius 1 is 1.16 bits per heavy atom. The van der Waals surface area contributed by atoms with E-state index in [1.54, 1.807) is 30.1 Å². The van der Waals surface area contributed by atoms with E-state index < -0.39 is 5.91 Å². The van der Waals surface area contributed by atoms with Crippen molar-refractivity contribution in [1.82, 2.24) is 15.0 Å². The van der Waals surface area contributed by atoms with Crippen LogP contribution >= 0.6 is 23.2 Å². The van der Waals surface area contributed by atoms with E-state index in [0.29, 0.717) is 29.8 Å². The lowest BCUT2D eigenvalue weighted by atomic mass is 10.2. The summed E-state index contributed by atoms with van der Waals surface area (Å²) in [5, 5.41) is 25.1. The van der Waals surface area contributed by atoms with Gasteiger partial charge in [-0.1, -0.05) is 23.2 Å². The quantitative estimate of drug-likeness (QED) is 0.419. The van der Waals surface area contributed by atoms with Gasteiger partial charge in [0.15, 0.2) is 0 Å². The van der Waals surface area contributed by atoms with Gasteiger partial charge in [-0.25, -0.2) is 9.97 Å². The highest BCUT2D eigenvalue weighted by molar-refractivity contribution is 6.37. The summed E-state index contributed by atoms with van der Waals surface area (Å²) in [6.45, 7) is 2.20. The molecule has 0 saturated carbocycles. The van der Waals surface area contributed by atoms with E-state index in [2.05, 4.69) is 25.6 Å². The summed E-state index contributed by atoms with van der Waals surface area (Å²) < 4.78 is 0. The second-order valence-electron chi connectivity index (χ2n) is 6.63. The van der Waals surface area contributed by atoms with E-state index in [1.807, 2.05) is 6.92 Å². The molecule has 0 unspecified atom stereocenters. The zero-order valence-electron chi connectivity index (χ0n) is 16.7. The number of amides is 1. The number of benzene rings is 1. The van der Waals surface area contributed by atoms with Gasteiger partial charge in [-0.2, -0.15) is 4.98 Å². The molecular formula is C20H20Cl2N6O3. The number of hydrogen-bond donors (Lipinski definition) is 4. The standard InChI is InChI=1S/C20H20Cl2N6O3/c1-11-7-17(27-20(24-11)28(2)5-6-29)26-16-10-13(3-4-23-16)25-19(31)18-14(22)8-12(21)9-15(18)30/h3-4,7-10,29-30H,5-6H2,1-2H3,(H2,23,24,25,26,27,31). The fourth-order valence-electron chi connectivity index (χ4n) is 2.72. The Bertz CT molecular complexity index is 1090. The highest BCUT2D eigenvalue weighted by atomic mass is 35.5. The Hall–Kier alpha value is -3.14. The second kappa shape index (κ2) is 9.78. The lowest BCUT2D eigenvalue weighted by Crippen LogP contribution is -2.23. The van der Waals surface area contributed by atoms with Gasteiger partial charge < -0.3 is 25.7 Å². The van der Waals surface area contributed by atoms with E-state index in [0.717, 1.165) is 5.69 Å². The molecule has 0 radical (unpaired) electrons. The summed E-state index contributed by atoms with van der Waals surface area (Å²) in [4.78, 5) is 27.3. The summed E-state index contributed by atoms with van der Waals surface area (Å²) in [6.07, 6.45) is 1.51. The fraction of sp³-hybridized carbons (Fsp3) is 0.200. The minimum absolute atomic E-state index is 0.0208. The zero-order chi connectivity index (χ0) is 22.5. The van der Waals surface area contributed by atoms with Gasteiger partial charge >= 0.3 is 0 Å². The lowest BCUT2D eigenvalue weighted by molar-refractivity contribution is 0.102. The number of likely N-dealkylation sites (N-methyl/N-ethyl adjacent to an activating group) is 1. The molecule has 1 aromatic carbocycles. The summed E-state index contributed by atoms with van der Waals surface area (Å²) in [5.74, 6) is 0.467. The van der Waals surface area contributed by atoms with Crippen LogP contribution in [0.4, 0.5) is 23.3 Å². The Balaban J connectivity index is 1.79. The van der Waals surface area contributed by atoms with Crippen LogP contribution in [0.2, 0.25) is 10.0 Å². The number of aromatic hydroxyl groups is 1. The van der Waals surface area contributed by atoms with Gasteiger partial charge in [0.25, 0.3) is 5.91 Å². The van der Waals surface area contributed by atoms with Gasteiger partial charge in [0.1, 0.15) is 22.9 Å². The monoisotopic (exact) mass is 462 g/mol. The third-order valence-corrected chi connectivity index (χ3v) is 4.67. The molecule has 3 rings (SSSR count). The first-order valence-electron chi connectivity index (χ1n) is 9.17. The number of aliphatic hydroxyl groups excluding tert-OH is 1. The average molecular weight is 463 g/mol. The first-order valence-corrected chi connectivity index (χ1v) is 9.92. The molecule has 2 aromatic heterocycles. The van der Waals surface area contributed by atoms with Crippen LogP contribution in [0.1, 0.15) is 16.1 Å². The van der Waals surface area contributed by atoms with Crippen molar-refractivity contribution in [2.24, 2.45) is 0 Å². The number of anilines is 4. The molecular weight excluding hydrogens is 443 g/mol. The first kappa shape index (κ1) is 22.5. The van der Waals surface area contributed by atoms with E-state index in [4.69, 9.17) is 28.3 Å². The van der Waals surface area contributed by atoms with E-state index in [9.17, 15) is 9.90 Å². The number of aromatic nitrogens is 3. The van der Waals surface area contributed by atoms with Crippen LogP contribution in [0.5, 0.6) is 5.75 Å². The van der Waals surface area contributed by atoms with Gasteiger partial charge in [0.05, 0.1) is 11.6 Å². The van der Waals surface area contributed by atoms with E-state index in [-0.39, 0.29) is 28.0 Å². The van der Waals surface area contributed by atoms with Gasteiger partial charge in [-0.3, -0.25) is 4.79 Å². The topological polar surface area (TPSA) is 124 Å².